The van der Waals surface area contributed by atoms with Crippen molar-refractivity contribution in [1.29, 1.82) is 0 Å². The van der Waals surface area contributed by atoms with Gasteiger partial charge in [-0.15, -0.1) is 0 Å². The Morgan fingerprint density at radius 3 is 2.83 bits per heavy atom. The second kappa shape index (κ2) is 5.76. The van der Waals surface area contributed by atoms with Gasteiger partial charge in [0.1, 0.15) is 30.2 Å². The van der Waals surface area contributed by atoms with Crippen molar-refractivity contribution in [2.24, 2.45) is 0 Å². The minimum atomic E-state index is -4.72. The van der Waals surface area contributed by atoms with Gasteiger partial charge in [0.2, 0.25) is 0 Å². The van der Waals surface area contributed by atoms with Crippen LogP contribution in [0.5, 0.6) is 0 Å². The Balaban J connectivity index is 1.85. The van der Waals surface area contributed by atoms with Crippen molar-refractivity contribution < 1.29 is 33.8 Å². The van der Waals surface area contributed by atoms with Gasteiger partial charge in [-0.1, -0.05) is 0 Å². The lowest BCUT2D eigenvalue weighted by molar-refractivity contribution is -0.0504. The second-order valence-electron chi connectivity index (χ2n) is 4.92. The van der Waals surface area contributed by atoms with Crippen LogP contribution in [0.3, 0.4) is 0 Å². The number of imidazole rings is 1. The van der Waals surface area contributed by atoms with Gasteiger partial charge in [-0.05, 0) is 0 Å². The SMILES string of the molecule is Nc1ncnc2c1n[14cH]n2[C@@H]1O[C@H](COP(=O)(O)O)[C@@H](O)[C@H]1O. The Hall–Kier alpha value is -1.66. The number of rotatable bonds is 4. The molecule has 1 aliphatic heterocycles. The lowest BCUT2D eigenvalue weighted by Gasteiger charge is -2.16. The lowest BCUT2D eigenvalue weighted by Crippen LogP contribution is -2.33. The normalized spacial score (nSPS) is 28.5. The fraction of sp³-hybridized carbons (Fsp3) is 0.500. The highest BCUT2D eigenvalue weighted by Gasteiger charge is 2.45. The second-order valence-corrected chi connectivity index (χ2v) is 6.15. The van der Waals surface area contributed by atoms with Crippen LogP contribution in [0.1, 0.15) is 6.23 Å². The molecule has 1 fully saturated rings. The number of hydrogen-bond donors (Lipinski definition) is 5. The molecule has 2 aromatic rings. The zero-order valence-electron chi connectivity index (χ0n) is 11.5. The predicted molar refractivity (Wildman–Crippen MR) is 73.7 cm³/mol. The van der Waals surface area contributed by atoms with Crippen molar-refractivity contribution in [3.63, 3.8) is 0 Å². The molecule has 0 saturated carbocycles. The molecule has 23 heavy (non-hydrogen) atoms. The maximum Gasteiger partial charge on any atom is 0.469 e. The molecule has 126 valence electrons. The molecule has 0 aliphatic carbocycles. The zero-order chi connectivity index (χ0) is 16.8. The van der Waals surface area contributed by atoms with E-state index in [-0.39, 0.29) is 11.5 Å². The van der Waals surface area contributed by atoms with Gasteiger partial charge in [0.25, 0.3) is 0 Å². The van der Waals surface area contributed by atoms with Gasteiger partial charge in [-0.2, -0.15) is 0 Å². The first-order chi connectivity index (χ1) is 10.8. The van der Waals surface area contributed by atoms with E-state index in [2.05, 4.69) is 19.5 Å². The third-order valence-electron chi connectivity index (χ3n) is 3.41. The number of ether oxygens (including phenoxy) is 1. The highest BCUT2D eigenvalue weighted by Crippen LogP contribution is 2.38. The van der Waals surface area contributed by atoms with Crippen LogP contribution < -0.4 is 5.73 Å². The van der Waals surface area contributed by atoms with Gasteiger partial charge in [-0.3, -0.25) is 9.09 Å². The Morgan fingerprint density at radius 2 is 2.13 bits per heavy atom. The number of aliphatic hydroxyl groups is 2. The van der Waals surface area contributed by atoms with Crippen LogP contribution in [0.15, 0.2) is 12.7 Å². The minimum absolute atomic E-state index is 0.142. The van der Waals surface area contributed by atoms with E-state index in [0.29, 0.717) is 5.52 Å². The number of phosphoric acid groups is 1. The molecule has 3 rings (SSSR count). The summed E-state index contributed by atoms with van der Waals surface area (Å²) in [7, 11) is -4.72. The molecule has 4 atom stereocenters. The molecule has 1 aliphatic rings. The topological polar surface area (TPSA) is 186 Å². The fourth-order valence-corrected chi connectivity index (χ4v) is 2.66. The van der Waals surface area contributed by atoms with E-state index in [1.165, 1.54) is 17.2 Å². The van der Waals surface area contributed by atoms with Crippen molar-refractivity contribution in [2.45, 2.75) is 24.5 Å². The molecule has 0 radical (unpaired) electrons. The number of aromatic nitrogens is 4. The summed E-state index contributed by atoms with van der Waals surface area (Å²) in [6.45, 7) is -0.594. The first-order valence-electron chi connectivity index (χ1n) is 6.42. The molecule has 0 unspecified atom stereocenters. The zero-order valence-corrected chi connectivity index (χ0v) is 12.4. The van der Waals surface area contributed by atoms with Crippen LogP contribution in [-0.4, -0.2) is 64.4 Å². The Morgan fingerprint density at radius 1 is 1.39 bits per heavy atom. The van der Waals surface area contributed by atoms with Crippen LogP contribution >= 0.6 is 7.82 Å². The Labute approximate surface area is 128 Å². The van der Waals surface area contributed by atoms with Gasteiger partial charge >= 0.3 is 7.82 Å². The average Bonchev–Trinajstić information content (AvgIpc) is 3.01. The molecule has 0 amide bonds. The van der Waals surface area contributed by atoms with E-state index < -0.39 is 39.0 Å². The molecule has 2 aromatic heterocycles. The van der Waals surface area contributed by atoms with E-state index in [0.717, 1.165) is 0 Å². The maximum atomic E-state index is 10.7. The number of phosphoric ester groups is 1. The van der Waals surface area contributed by atoms with Gasteiger partial charge in [0.15, 0.2) is 17.7 Å². The first-order valence-corrected chi connectivity index (χ1v) is 7.95. The van der Waals surface area contributed by atoms with Crippen molar-refractivity contribution in [2.75, 3.05) is 12.3 Å². The summed E-state index contributed by atoms with van der Waals surface area (Å²) in [6, 6.07) is 0. The summed E-state index contributed by atoms with van der Waals surface area (Å²) in [4.78, 5) is 29.2. The Kier molecular flexibility index (Phi) is 4.06. The number of aliphatic hydroxyl groups excluding tert-OH is 2. The van der Waals surface area contributed by atoms with Crippen LogP contribution in [0, 0.1) is 0 Å². The minimum Gasteiger partial charge on any atom is -0.387 e. The average molecular weight is 349 g/mol. The molecule has 3 heterocycles. The molecule has 13 heteroatoms. The Bertz CT molecular complexity index is 763. The summed E-state index contributed by atoms with van der Waals surface area (Å²) in [5, 5.41) is 20.1. The summed E-state index contributed by atoms with van der Waals surface area (Å²) in [6.07, 6.45) is -2.49. The maximum absolute atomic E-state index is 10.7. The molecule has 6 N–H and O–H groups in total. The molecular weight excluding hydrogens is 335 g/mol. The number of nitrogen functional groups attached to an aromatic ring is 1. The fourth-order valence-electron chi connectivity index (χ4n) is 2.32. The van der Waals surface area contributed by atoms with E-state index in [1.807, 2.05) is 0 Å². The van der Waals surface area contributed by atoms with Crippen molar-refractivity contribution >= 4 is 24.8 Å². The summed E-state index contributed by atoms with van der Waals surface area (Å²) >= 11 is 0. The number of hydrogen-bond acceptors (Lipinski definition) is 9. The standard InChI is InChI=1S/C10H14N5O7P/c11-8-5-9(13-2-12-8)15(3-14-5)10-7(17)6(16)4(22-10)1-21-23(18,19)20/h2-4,6-7,10,16-17H,1H2,(H2,11,12,13)(H2,18,19,20)/t4-,6-,7-,10-/m1/s1/i3+2. The quantitative estimate of drug-likeness (QED) is 0.389. The number of anilines is 1. The van der Waals surface area contributed by atoms with Crippen molar-refractivity contribution in [1.82, 2.24) is 19.5 Å². The monoisotopic (exact) mass is 349 g/mol. The van der Waals surface area contributed by atoms with E-state index in [4.69, 9.17) is 20.3 Å². The highest BCUT2D eigenvalue weighted by atomic mass is 31.2. The van der Waals surface area contributed by atoms with E-state index in [1.54, 1.807) is 0 Å². The molecule has 0 bridgehead atoms. The number of fused-ring (bicyclic) bond motifs is 1. The predicted octanol–water partition coefficient (Wildman–Crippen LogP) is -1.86. The number of nitrogens with zero attached hydrogens (tertiary/aromatic N) is 4. The van der Waals surface area contributed by atoms with Crippen LogP contribution in [-0.2, 0) is 13.8 Å². The molecule has 12 nitrogen and oxygen atoms in total. The van der Waals surface area contributed by atoms with E-state index in [9.17, 15) is 14.8 Å². The largest absolute Gasteiger partial charge is 0.469 e. The molecule has 1 saturated heterocycles. The van der Waals surface area contributed by atoms with Gasteiger partial charge in [0, 0.05) is 0 Å². The van der Waals surface area contributed by atoms with Crippen molar-refractivity contribution in [3.05, 3.63) is 12.7 Å². The summed E-state index contributed by atoms with van der Waals surface area (Å²) in [5.41, 5.74) is 6.25. The first kappa shape index (κ1) is 16.2. The van der Waals surface area contributed by atoms with Crippen LogP contribution in [0.2, 0.25) is 0 Å². The highest BCUT2D eigenvalue weighted by molar-refractivity contribution is 7.46. The van der Waals surface area contributed by atoms with Crippen molar-refractivity contribution in [3.8, 4) is 0 Å². The molecular formula is C10H14N5O7P. The third-order valence-corrected chi connectivity index (χ3v) is 3.89. The van der Waals surface area contributed by atoms with Gasteiger partial charge < -0.3 is 30.5 Å². The summed E-state index contributed by atoms with van der Waals surface area (Å²) in [5.74, 6) is 0.142. The van der Waals surface area contributed by atoms with Gasteiger partial charge in [-0.25, -0.2) is 19.5 Å². The lowest BCUT2D eigenvalue weighted by atomic mass is 10.1. The van der Waals surface area contributed by atoms with Gasteiger partial charge in [0.05, 0.1) is 12.9 Å². The third kappa shape index (κ3) is 3.05. The summed E-state index contributed by atoms with van der Waals surface area (Å²) < 4.78 is 21.8. The molecule has 0 spiro atoms. The van der Waals surface area contributed by atoms with E-state index >= 15 is 0 Å². The smallest absolute Gasteiger partial charge is 0.387 e. The van der Waals surface area contributed by atoms with Crippen LogP contribution in [0.25, 0.3) is 11.2 Å². The van der Waals surface area contributed by atoms with Crippen LogP contribution in [0.4, 0.5) is 5.82 Å². The number of nitrogens with two attached hydrogens (primary N) is 1. The molecule has 0 aromatic carbocycles.